The first-order chi connectivity index (χ1) is 9.22. The van der Waals surface area contributed by atoms with Gasteiger partial charge in [-0.15, -0.1) is 0 Å². The standard InChI is InChI=1S/C10H9BrF2N4O2S/c1-17-4-15-9(14)10(17)20(18,19)16-8-3-6(12)5(11)2-7(8)13/h2-4,16H,14H2,1H3. The van der Waals surface area contributed by atoms with Crippen LogP contribution < -0.4 is 10.5 Å². The molecule has 10 heteroatoms. The second-order valence-corrected chi connectivity index (χ2v) is 6.35. The van der Waals surface area contributed by atoms with Gasteiger partial charge in [-0.1, -0.05) is 0 Å². The van der Waals surface area contributed by atoms with Crippen molar-refractivity contribution in [2.24, 2.45) is 7.05 Å². The number of hydrogen-bond donors (Lipinski definition) is 2. The van der Waals surface area contributed by atoms with Crippen molar-refractivity contribution in [3.63, 3.8) is 0 Å². The molecule has 3 N–H and O–H groups in total. The quantitative estimate of drug-likeness (QED) is 0.811. The number of halogens is 3. The van der Waals surface area contributed by atoms with Crippen LogP contribution in [0.3, 0.4) is 0 Å². The van der Waals surface area contributed by atoms with E-state index in [0.29, 0.717) is 0 Å². The first-order valence-electron chi connectivity index (χ1n) is 5.16. The Morgan fingerprint density at radius 2 is 2.00 bits per heavy atom. The number of aryl methyl sites for hydroxylation is 1. The number of aromatic nitrogens is 2. The molecular weight excluding hydrogens is 358 g/mol. The second kappa shape index (κ2) is 5.02. The smallest absolute Gasteiger partial charge is 0.281 e. The third-order valence-electron chi connectivity index (χ3n) is 2.42. The highest BCUT2D eigenvalue weighted by Crippen LogP contribution is 2.26. The average molecular weight is 367 g/mol. The Balaban J connectivity index is 2.47. The highest BCUT2D eigenvalue weighted by Gasteiger charge is 2.24. The minimum atomic E-state index is -4.18. The van der Waals surface area contributed by atoms with E-state index in [4.69, 9.17) is 5.73 Å². The van der Waals surface area contributed by atoms with E-state index in [1.165, 1.54) is 13.4 Å². The molecule has 0 amide bonds. The Morgan fingerprint density at radius 1 is 1.35 bits per heavy atom. The van der Waals surface area contributed by atoms with Crippen molar-refractivity contribution in [2.45, 2.75) is 5.03 Å². The molecule has 6 nitrogen and oxygen atoms in total. The lowest BCUT2D eigenvalue weighted by Crippen LogP contribution is -2.18. The lowest BCUT2D eigenvalue weighted by molar-refractivity contribution is 0.586. The highest BCUT2D eigenvalue weighted by atomic mass is 79.9. The molecule has 0 fully saturated rings. The lowest BCUT2D eigenvalue weighted by atomic mass is 10.3. The van der Waals surface area contributed by atoms with Crippen LogP contribution >= 0.6 is 15.9 Å². The van der Waals surface area contributed by atoms with Crippen LogP contribution in [0.5, 0.6) is 0 Å². The van der Waals surface area contributed by atoms with E-state index in [-0.39, 0.29) is 15.3 Å². The van der Waals surface area contributed by atoms with Gasteiger partial charge in [0, 0.05) is 13.1 Å². The number of rotatable bonds is 3. The van der Waals surface area contributed by atoms with Gasteiger partial charge in [0.1, 0.15) is 11.6 Å². The van der Waals surface area contributed by atoms with Gasteiger partial charge in [0.25, 0.3) is 10.0 Å². The van der Waals surface area contributed by atoms with Gasteiger partial charge >= 0.3 is 0 Å². The summed E-state index contributed by atoms with van der Waals surface area (Å²) in [5, 5.41) is -0.333. The fourth-order valence-corrected chi connectivity index (χ4v) is 3.17. The summed E-state index contributed by atoms with van der Waals surface area (Å²) >= 11 is 2.80. The number of hydrogen-bond acceptors (Lipinski definition) is 4. The molecule has 1 heterocycles. The van der Waals surface area contributed by atoms with E-state index in [1.54, 1.807) is 0 Å². The second-order valence-electron chi connectivity index (χ2n) is 3.90. The third kappa shape index (κ3) is 2.61. The predicted molar refractivity (Wildman–Crippen MR) is 72.5 cm³/mol. The number of nitrogens with two attached hydrogens (primary N) is 1. The molecule has 0 atom stereocenters. The Hall–Kier alpha value is -1.68. The molecule has 20 heavy (non-hydrogen) atoms. The van der Waals surface area contributed by atoms with Gasteiger partial charge in [-0.05, 0) is 22.0 Å². The number of anilines is 2. The van der Waals surface area contributed by atoms with E-state index in [0.717, 1.165) is 16.7 Å². The van der Waals surface area contributed by atoms with E-state index >= 15 is 0 Å². The Kier molecular flexibility index (Phi) is 3.69. The van der Waals surface area contributed by atoms with Gasteiger partial charge in [0.2, 0.25) is 0 Å². The van der Waals surface area contributed by atoms with Crippen molar-refractivity contribution in [1.29, 1.82) is 0 Å². The average Bonchev–Trinajstić information content (AvgIpc) is 2.66. The SMILES string of the molecule is Cn1cnc(N)c1S(=O)(=O)Nc1cc(F)c(Br)cc1F. The molecular formula is C10H9BrF2N4O2S. The van der Waals surface area contributed by atoms with Crippen LogP contribution in [0.25, 0.3) is 0 Å². The molecule has 1 aromatic heterocycles. The van der Waals surface area contributed by atoms with Crippen LogP contribution in [-0.2, 0) is 17.1 Å². The maximum atomic E-state index is 13.6. The summed E-state index contributed by atoms with van der Waals surface area (Å²) in [4.78, 5) is 3.62. The Labute approximate surface area is 121 Å². The van der Waals surface area contributed by atoms with Gasteiger partial charge in [-0.2, -0.15) is 8.42 Å². The van der Waals surface area contributed by atoms with Crippen molar-refractivity contribution < 1.29 is 17.2 Å². The number of nitrogens with zero attached hydrogens (tertiary/aromatic N) is 2. The monoisotopic (exact) mass is 366 g/mol. The minimum absolute atomic E-state index is 0.113. The molecule has 0 unspecified atom stereocenters. The fraction of sp³-hybridized carbons (Fsp3) is 0.100. The molecule has 0 radical (unpaired) electrons. The van der Waals surface area contributed by atoms with Crippen LogP contribution in [0.4, 0.5) is 20.3 Å². The van der Waals surface area contributed by atoms with Crippen LogP contribution in [-0.4, -0.2) is 18.0 Å². The first-order valence-corrected chi connectivity index (χ1v) is 7.44. The van der Waals surface area contributed by atoms with Gasteiger partial charge in [0.05, 0.1) is 16.5 Å². The molecule has 0 bridgehead atoms. The Bertz CT molecular complexity index is 756. The van der Waals surface area contributed by atoms with Crippen LogP contribution in [0, 0.1) is 11.6 Å². The number of imidazole rings is 1. The molecule has 2 aromatic rings. The van der Waals surface area contributed by atoms with Gasteiger partial charge in [-0.25, -0.2) is 13.8 Å². The van der Waals surface area contributed by atoms with Crippen molar-refractivity contribution in [3.8, 4) is 0 Å². The van der Waals surface area contributed by atoms with E-state index in [2.05, 4.69) is 20.9 Å². The largest absolute Gasteiger partial charge is 0.381 e. The van der Waals surface area contributed by atoms with Gasteiger partial charge in [0.15, 0.2) is 10.8 Å². The van der Waals surface area contributed by atoms with Crippen molar-refractivity contribution in [1.82, 2.24) is 9.55 Å². The molecule has 0 aliphatic rings. The topological polar surface area (TPSA) is 90.0 Å². The molecule has 0 aliphatic carbocycles. The molecule has 0 saturated heterocycles. The number of benzene rings is 1. The molecule has 1 aromatic carbocycles. The van der Waals surface area contributed by atoms with Gasteiger partial charge < -0.3 is 10.3 Å². The van der Waals surface area contributed by atoms with Crippen LogP contribution in [0.1, 0.15) is 0 Å². The zero-order valence-corrected chi connectivity index (χ0v) is 12.5. The van der Waals surface area contributed by atoms with Crippen LogP contribution in [0.2, 0.25) is 0 Å². The molecule has 0 spiro atoms. The van der Waals surface area contributed by atoms with Crippen molar-refractivity contribution >= 4 is 37.5 Å². The van der Waals surface area contributed by atoms with Gasteiger partial charge in [-0.3, -0.25) is 4.72 Å². The summed E-state index contributed by atoms with van der Waals surface area (Å²) in [5.74, 6) is -1.97. The summed E-state index contributed by atoms with van der Waals surface area (Å²) in [6, 6.07) is 1.54. The molecule has 108 valence electrons. The minimum Gasteiger partial charge on any atom is -0.381 e. The maximum absolute atomic E-state index is 13.6. The zero-order chi connectivity index (χ0) is 15.1. The third-order valence-corrected chi connectivity index (χ3v) is 4.52. The van der Waals surface area contributed by atoms with Crippen molar-refractivity contribution in [2.75, 3.05) is 10.5 Å². The highest BCUT2D eigenvalue weighted by molar-refractivity contribution is 9.10. The van der Waals surface area contributed by atoms with Crippen molar-refractivity contribution in [3.05, 3.63) is 34.6 Å². The van der Waals surface area contributed by atoms with E-state index < -0.39 is 27.3 Å². The normalized spacial score (nSPS) is 11.6. The molecule has 0 aliphatic heterocycles. The number of nitrogen functional groups attached to an aromatic ring is 1. The predicted octanol–water partition coefficient (Wildman–Crippen LogP) is 1.84. The summed E-state index contributed by atoms with van der Waals surface area (Å²) < 4.78 is 54.1. The maximum Gasteiger partial charge on any atom is 0.281 e. The zero-order valence-electron chi connectivity index (χ0n) is 10.1. The summed E-state index contributed by atoms with van der Waals surface area (Å²) in [5.41, 5.74) is 4.92. The lowest BCUT2D eigenvalue weighted by Gasteiger charge is -2.10. The molecule has 0 saturated carbocycles. The fourth-order valence-electron chi connectivity index (χ4n) is 1.56. The Morgan fingerprint density at radius 3 is 2.55 bits per heavy atom. The van der Waals surface area contributed by atoms with Crippen LogP contribution in [0.15, 0.2) is 28.0 Å². The van der Waals surface area contributed by atoms with E-state index in [9.17, 15) is 17.2 Å². The first kappa shape index (κ1) is 14.7. The number of sulfonamides is 1. The summed E-state index contributed by atoms with van der Waals surface area (Å²) in [6.07, 6.45) is 1.20. The summed E-state index contributed by atoms with van der Waals surface area (Å²) in [7, 11) is -2.77. The van der Waals surface area contributed by atoms with E-state index in [1.807, 2.05) is 4.72 Å². The summed E-state index contributed by atoms with van der Waals surface area (Å²) in [6.45, 7) is 0. The molecule has 2 rings (SSSR count). The number of nitrogens with one attached hydrogen (secondary N) is 1.